The molecule has 27 heavy (non-hydrogen) atoms. The molecule has 1 N–H and O–H groups in total. The quantitative estimate of drug-likeness (QED) is 0.769. The highest BCUT2D eigenvalue weighted by molar-refractivity contribution is 5.96. The third-order valence-electron chi connectivity index (χ3n) is 5.61. The highest BCUT2D eigenvalue weighted by Gasteiger charge is 2.27. The number of carbonyl (C=O) groups is 2. The molecule has 0 radical (unpaired) electrons. The molecular weight excluding hydrogens is 346 g/mol. The van der Waals surface area contributed by atoms with Gasteiger partial charge in [0.25, 0.3) is 5.91 Å². The predicted octanol–water partition coefficient (Wildman–Crippen LogP) is 2.61. The smallest absolute Gasteiger partial charge is 0.328 e. The van der Waals surface area contributed by atoms with E-state index in [0.29, 0.717) is 17.9 Å². The highest BCUT2D eigenvalue weighted by atomic mass is 16.5. The van der Waals surface area contributed by atoms with Gasteiger partial charge in [-0.2, -0.15) is 0 Å². The molecule has 1 saturated carbocycles. The molecule has 1 aromatic rings. The van der Waals surface area contributed by atoms with E-state index < -0.39 is 12.0 Å². The minimum absolute atomic E-state index is 0.282. The Kier molecular flexibility index (Phi) is 7.15. The van der Waals surface area contributed by atoms with Crippen molar-refractivity contribution in [1.82, 2.24) is 15.3 Å². The number of carbonyl (C=O) groups excluding carboxylic acids is 2. The summed E-state index contributed by atoms with van der Waals surface area (Å²) in [6.07, 6.45) is 11.3. The highest BCUT2D eigenvalue weighted by Crippen LogP contribution is 2.28. The van der Waals surface area contributed by atoms with Crippen molar-refractivity contribution in [3.63, 3.8) is 0 Å². The second-order valence-electron chi connectivity index (χ2n) is 7.51. The first-order chi connectivity index (χ1) is 13.2. The first-order valence-electron chi connectivity index (χ1n) is 9.95. The van der Waals surface area contributed by atoms with Gasteiger partial charge in [-0.25, -0.2) is 14.8 Å². The number of rotatable bonds is 6. The number of hydrogen-bond acceptors (Lipinski definition) is 6. The van der Waals surface area contributed by atoms with Gasteiger partial charge in [-0.3, -0.25) is 4.79 Å². The maximum absolute atomic E-state index is 12.6. The van der Waals surface area contributed by atoms with Crippen LogP contribution in [-0.2, 0) is 14.3 Å². The van der Waals surface area contributed by atoms with Gasteiger partial charge in [0.15, 0.2) is 0 Å². The molecule has 2 fully saturated rings. The number of ether oxygens (including phenoxy) is 2. The van der Waals surface area contributed by atoms with E-state index in [9.17, 15) is 9.59 Å². The van der Waals surface area contributed by atoms with Crippen molar-refractivity contribution in [1.29, 1.82) is 0 Å². The third-order valence-corrected chi connectivity index (χ3v) is 5.61. The third kappa shape index (κ3) is 5.48. The Morgan fingerprint density at radius 1 is 1.15 bits per heavy atom. The van der Waals surface area contributed by atoms with E-state index >= 15 is 0 Å². The van der Waals surface area contributed by atoms with Crippen molar-refractivity contribution in [3.8, 4) is 0 Å². The Bertz CT molecular complexity index is 623. The molecule has 1 aliphatic heterocycles. The van der Waals surface area contributed by atoms with Gasteiger partial charge in [-0.05, 0) is 25.2 Å². The lowest BCUT2D eigenvalue weighted by atomic mass is 9.85. The van der Waals surface area contributed by atoms with Crippen molar-refractivity contribution in [2.24, 2.45) is 5.92 Å². The maximum atomic E-state index is 12.6. The summed E-state index contributed by atoms with van der Waals surface area (Å²) in [7, 11) is 1.36. The SMILES string of the molecule is COC(=O)[C@H](CC1CCCCC1)NC(=O)c1cnc(C2CCOCC2)nc1. The van der Waals surface area contributed by atoms with Crippen LogP contribution in [-0.4, -0.2) is 48.2 Å². The number of hydrogen-bond donors (Lipinski definition) is 1. The van der Waals surface area contributed by atoms with Gasteiger partial charge in [0.05, 0.1) is 12.7 Å². The van der Waals surface area contributed by atoms with E-state index in [4.69, 9.17) is 9.47 Å². The first kappa shape index (κ1) is 19.7. The minimum Gasteiger partial charge on any atom is -0.467 e. The van der Waals surface area contributed by atoms with Crippen LogP contribution in [0.1, 0.15) is 73.5 Å². The number of nitrogens with one attached hydrogen (secondary N) is 1. The Hall–Kier alpha value is -2.02. The van der Waals surface area contributed by atoms with Crippen LogP contribution >= 0.6 is 0 Å². The monoisotopic (exact) mass is 375 g/mol. The fourth-order valence-electron chi connectivity index (χ4n) is 3.98. The average molecular weight is 375 g/mol. The zero-order valence-electron chi connectivity index (χ0n) is 16.0. The topological polar surface area (TPSA) is 90.4 Å². The lowest BCUT2D eigenvalue weighted by Crippen LogP contribution is -2.43. The number of nitrogens with zero attached hydrogens (tertiary/aromatic N) is 2. The molecule has 0 unspecified atom stereocenters. The van der Waals surface area contributed by atoms with Crippen molar-refractivity contribution in [2.45, 2.75) is 63.3 Å². The zero-order chi connectivity index (χ0) is 19.1. The van der Waals surface area contributed by atoms with E-state index in [2.05, 4.69) is 15.3 Å². The second-order valence-corrected chi connectivity index (χ2v) is 7.51. The van der Waals surface area contributed by atoms with Crippen LogP contribution in [0.25, 0.3) is 0 Å². The molecule has 2 aliphatic rings. The predicted molar refractivity (Wildman–Crippen MR) is 99.3 cm³/mol. The minimum atomic E-state index is -0.624. The number of esters is 1. The van der Waals surface area contributed by atoms with Gasteiger partial charge in [0.1, 0.15) is 11.9 Å². The summed E-state index contributed by atoms with van der Waals surface area (Å²) >= 11 is 0. The molecule has 1 aromatic heterocycles. The van der Waals surface area contributed by atoms with E-state index in [1.807, 2.05) is 0 Å². The molecule has 148 valence electrons. The van der Waals surface area contributed by atoms with Crippen molar-refractivity contribution in [3.05, 3.63) is 23.8 Å². The second kappa shape index (κ2) is 9.78. The van der Waals surface area contributed by atoms with Gasteiger partial charge in [0.2, 0.25) is 0 Å². The first-order valence-corrected chi connectivity index (χ1v) is 9.95. The van der Waals surface area contributed by atoms with E-state index in [1.165, 1.54) is 26.4 Å². The summed E-state index contributed by atoms with van der Waals surface area (Å²) in [5, 5.41) is 2.82. The van der Waals surface area contributed by atoms with Crippen LogP contribution < -0.4 is 5.32 Å². The van der Waals surface area contributed by atoms with Crippen molar-refractivity contribution < 1.29 is 19.1 Å². The molecule has 7 heteroatoms. The standard InChI is InChI=1S/C20H29N3O4/c1-26-20(25)17(11-14-5-3-2-4-6-14)23-19(24)16-12-21-18(22-13-16)15-7-9-27-10-8-15/h12-15,17H,2-11H2,1H3,(H,23,24)/t17-/m0/s1. The van der Waals surface area contributed by atoms with Crippen molar-refractivity contribution >= 4 is 11.9 Å². The van der Waals surface area contributed by atoms with Crippen molar-refractivity contribution in [2.75, 3.05) is 20.3 Å². The van der Waals surface area contributed by atoms with Gasteiger partial charge in [-0.1, -0.05) is 32.1 Å². The fraction of sp³-hybridized carbons (Fsp3) is 0.700. The molecular formula is C20H29N3O4. The normalized spacial score (nSPS) is 20.0. The number of methoxy groups -OCH3 is 1. The molecule has 1 saturated heterocycles. The molecule has 2 heterocycles. The zero-order valence-corrected chi connectivity index (χ0v) is 16.0. The summed E-state index contributed by atoms with van der Waals surface area (Å²) in [6.45, 7) is 1.44. The largest absolute Gasteiger partial charge is 0.467 e. The molecule has 7 nitrogen and oxygen atoms in total. The lowest BCUT2D eigenvalue weighted by Gasteiger charge is -2.25. The lowest BCUT2D eigenvalue weighted by molar-refractivity contribution is -0.143. The summed E-state index contributed by atoms with van der Waals surface area (Å²) in [5.41, 5.74) is 0.364. The molecule has 0 spiro atoms. The molecule has 1 atom stereocenters. The molecule has 0 aromatic carbocycles. The summed E-state index contributed by atoms with van der Waals surface area (Å²) < 4.78 is 10.3. The van der Waals surface area contributed by atoms with E-state index in [-0.39, 0.29) is 11.8 Å². The average Bonchev–Trinajstić information content (AvgIpc) is 2.74. The van der Waals surface area contributed by atoms with Gasteiger partial charge >= 0.3 is 5.97 Å². The van der Waals surface area contributed by atoms with Crippen LogP contribution in [0.15, 0.2) is 12.4 Å². The molecule has 1 aliphatic carbocycles. The Labute approximate surface area is 160 Å². The van der Waals surface area contributed by atoms with Gasteiger partial charge in [-0.15, -0.1) is 0 Å². The van der Waals surface area contributed by atoms with Gasteiger partial charge in [0, 0.05) is 31.5 Å². The number of aromatic nitrogens is 2. The van der Waals surface area contributed by atoms with Gasteiger partial charge < -0.3 is 14.8 Å². The Morgan fingerprint density at radius 2 is 1.81 bits per heavy atom. The van der Waals surface area contributed by atoms with E-state index in [0.717, 1.165) is 44.7 Å². The van der Waals surface area contributed by atoms with Crippen LogP contribution in [0, 0.1) is 5.92 Å². The Morgan fingerprint density at radius 3 is 2.44 bits per heavy atom. The summed E-state index contributed by atoms with van der Waals surface area (Å²) in [6, 6.07) is -0.624. The summed E-state index contributed by atoms with van der Waals surface area (Å²) in [5.74, 6) is 0.759. The Balaban J connectivity index is 1.61. The summed E-state index contributed by atoms with van der Waals surface area (Å²) in [4.78, 5) is 33.5. The number of amides is 1. The maximum Gasteiger partial charge on any atom is 0.328 e. The molecule has 1 amide bonds. The molecule has 3 rings (SSSR count). The van der Waals surface area contributed by atoms with Crippen LogP contribution in [0.5, 0.6) is 0 Å². The van der Waals surface area contributed by atoms with Crippen LogP contribution in [0.3, 0.4) is 0 Å². The van der Waals surface area contributed by atoms with Crippen LogP contribution in [0.4, 0.5) is 0 Å². The van der Waals surface area contributed by atoms with Crippen LogP contribution in [0.2, 0.25) is 0 Å². The van der Waals surface area contributed by atoms with E-state index in [1.54, 1.807) is 12.4 Å². The fourth-order valence-corrected chi connectivity index (χ4v) is 3.98. The molecule has 0 bridgehead atoms.